The van der Waals surface area contributed by atoms with Crippen LogP contribution in [0.25, 0.3) is 22.3 Å². The molecule has 0 radical (unpaired) electrons. The van der Waals surface area contributed by atoms with Crippen molar-refractivity contribution in [2.45, 2.75) is 6.42 Å². The number of aryl methyl sites for hydroxylation is 2. The van der Waals surface area contributed by atoms with Gasteiger partial charge in [-0.15, -0.1) is 0 Å². The Balaban J connectivity index is 2.00. The summed E-state index contributed by atoms with van der Waals surface area (Å²) in [7, 11) is 3.82. The first-order chi connectivity index (χ1) is 9.74. The van der Waals surface area contributed by atoms with Crippen LogP contribution in [0.3, 0.4) is 0 Å². The van der Waals surface area contributed by atoms with Crippen LogP contribution in [0.5, 0.6) is 0 Å². The Bertz CT molecular complexity index is 781. The number of nitrogens with zero attached hydrogens (tertiary/aromatic N) is 7. The zero-order chi connectivity index (χ0) is 13.7. The highest BCUT2D eigenvalue weighted by atomic mass is 15.3. The fourth-order valence-corrected chi connectivity index (χ4v) is 2.59. The average Bonchev–Trinajstić information content (AvgIpc) is 2.93. The summed E-state index contributed by atoms with van der Waals surface area (Å²) in [5.74, 6) is 0.980. The van der Waals surface area contributed by atoms with Crippen molar-refractivity contribution in [1.29, 1.82) is 0 Å². The third kappa shape index (κ3) is 1.52. The van der Waals surface area contributed by atoms with E-state index in [0.717, 1.165) is 41.2 Å². The van der Waals surface area contributed by atoms with Gasteiger partial charge < -0.3 is 4.90 Å². The summed E-state index contributed by atoms with van der Waals surface area (Å²) < 4.78 is 3.59. The Hall–Kier alpha value is -2.44. The average molecular weight is 269 g/mol. The van der Waals surface area contributed by atoms with E-state index in [1.165, 1.54) is 6.42 Å². The largest absolute Gasteiger partial charge is 0.356 e. The standard InChI is InChI=1S/C13H15N7/c1-18-7-9(6-16-18)11-10-12(19(2)17-11)14-8-15-13(10)20-4-3-5-20/h6-8H,3-5H2,1-2H3. The summed E-state index contributed by atoms with van der Waals surface area (Å²) in [6, 6.07) is 0. The van der Waals surface area contributed by atoms with Crippen LogP contribution in [-0.4, -0.2) is 42.6 Å². The summed E-state index contributed by atoms with van der Waals surface area (Å²) in [5.41, 5.74) is 2.76. The normalized spacial score (nSPS) is 14.8. The second kappa shape index (κ2) is 4.03. The molecule has 0 atom stereocenters. The zero-order valence-electron chi connectivity index (χ0n) is 11.5. The molecular formula is C13H15N7. The fourth-order valence-electron chi connectivity index (χ4n) is 2.59. The van der Waals surface area contributed by atoms with E-state index >= 15 is 0 Å². The van der Waals surface area contributed by atoms with Crippen molar-refractivity contribution in [3.8, 4) is 11.3 Å². The minimum absolute atomic E-state index is 0.862. The number of anilines is 1. The lowest BCUT2D eigenvalue weighted by Gasteiger charge is -2.32. The maximum absolute atomic E-state index is 4.61. The first kappa shape index (κ1) is 11.4. The molecule has 102 valence electrons. The molecule has 20 heavy (non-hydrogen) atoms. The Kier molecular flexibility index (Phi) is 2.29. The highest BCUT2D eigenvalue weighted by Crippen LogP contribution is 2.33. The van der Waals surface area contributed by atoms with Crippen LogP contribution < -0.4 is 4.90 Å². The van der Waals surface area contributed by atoms with Crippen molar-refractivity contribution < 1.29 is 0 Å². The molecule has 3 aromatic rings. The Morgan fingerprint density at radius 3 is 2.65 bits per heavy atom. The van der Waals surface area contributed by atoms with Crippen LogP contribution in [0.2, 0.25) is 0 Å². The van der Waals surface area contributed by atoms with Crippen molar-refractivity contribution >= 4 is 16.9 Å². The summed E-state index contributed by atoms with van der Waals surface area (Å²) in [4.78, 5) is 11.1. The van der Waals surface area contributed by atoms with E-state index in [0.29, 0.717) is 0 Å². The SMILES string of the molecule is Cn1cc(-c2nn(C)c3ncnc(N4CCC4)c23)cn1. The van der Waals surface area contributed by atoms with E-state index in [9.17, 15) is 0 Å². The molecule has 0 spiro atoms. The molecule has 0 aliphatic carbocycles. The van der Waals surface area contributed by atoms with Gasteiger partial charge in [-0.25, -0.2) is 14.6 Å². The van der Waals surface area contributed by atoms with Gasteiger partial charge in [0.25, 0.3) is 0 Å². The molecule has 1 saturated heterocycles. The van der Waals surface area contributed by atoms with Gasteiger partial charge in [-0.3, -0.25) is 4.68 Å². The Morgan fingerprint density at radius 1 is 1.15 bits per heavy atom. The molecule has 0 unspecified atom stereocenters. The Labute approximate surface area is 115 Å². The zero-order valence-corrected chi connectivity index (χ0v) is 11.5. The number of hydrogen-bond donors (Lipinski definition) is 0. The number of fused-ring (bicyclic) bond motifs is 1. The second-order valence-electron chi connectivity index (χ2n) is 5.11. The molecule has 0 bridgehead atoms. The monoisotopic (exact) mass is 269 g/mol. The molecule has 1 aliphatic heterocycles. The summed E-state index contributed by atoms with van der Waals surface area (Å²) in [5, 5.41) is 9.86. The van der Waals surface area contributed by atoms with Crippen molar-refractivity contribution in [3.05, 3.63) is 18.7 Å². The number of rotatable bonds is 2. The first-order valence-electron chi connectivity index (χ1n) is 6.66. The van der Waals surface area contributed by atoms with Crippen LogP contribution in [0, 0.1) is 0 Å². The van der Waals surface area contributed by atoms with E-state index in [1.807, 2.05) is 31.2 Å². The second-order valence-corrected chi connectivity index (χ2v) is 5.11. The van der Waals surface area contributed by atoms with Crippen molar-refractivity contribution in [2.24, 2.45) is 14.1 Å². The van der Waals surface area contributed by atoms with Crippen molar-refractivity contribution in [3.63, 3.8) is 0 Å². The molecule has 0 aromatic carbocycles. The predicted octanol–water partition coefficient (Wildman–Crippen LogP) is 0.974. The van der Waals surface area contributed by atoms with Gasteiger partial charge in [0.15, 0.2) is 5.65 Å². The molecule has 7 heteroatoms. The lowest BCUT2D eigenvalue weighted by atomic mass is 10.1. The van der Waals surface area contributed by atoms with E-state index in [4.69, 9.17) is 0 Å². The Morgan fingerprint density at radius 2 is 2.00 bits per heavy atom. The molecule has 0 amide bonds. The summed E-state index contributed by atoms with van der Waals surface area (Å²) in [6.45, 7) is 2.10. The lowest BCUT2D eigenvalue weighted by molar-refractivity contribution is 0.611. The minimum Gasteiger partial charge on any atom is -0.356 e. The van der Waals surface area contributed by atoms with Gasteiger partial charge >= 0.3 is 0 Å². The molecule has 1 fully saturated rings. The molecular weight excluding hydrogens is 254 g/mol. The number of hydrogen-bond acceptors (Lipinski definition) is 5. The maximum Gasteiger partial charge on any atom is 0.163 e. The molecule has 4 heterocycles. The van der Waals surface area contributed by atoms with Gasteiger partial charge in [0.1, 0.15) is 17.8 Å². The highest BCUT2D eigenvalue weighted by Gasteiger charge is 2.24. The molecule has 1 aliphatic rings. The van der Waals surface area contributed by atoms with Crippen LogP contribution in [-0.2, 0) is 14.1 Å². The van der Waals surface area contributed by atoms with Crippen LogP contribution in [0.4, 0.5) is 5.82 Å². The minimum atomic E-state index is 0.862. The molecule has 0 N–H and O–H groups in total. The van der Waals surface area contributed by atoms with Gasteiger partial charge in [-0.05, 0) is 6.42 Å². The van der Waals surface area contributed by atoms with E-state index in [2.05, 4.69) is 25.1 Å². The molecule has 3 aromatic heterocycles. The molecule has 4 rings (SSSR count). The van der Waals surface area contributed by atoms with Gasteiger partial charge in [0.2, 0.25) is 0 Å². The van der Waals surface area contributed by atoms with Crippen LogP contribution in [0.1, 0.15) is 6.42 Å². The lowest BCUT2D eigenvalue weighted by Crippen LogP contribution is -2.37. The third-order valence-electron chi connectivity index (χ3n) is 3.73. The third-order valence-corrected chi connectivity index (χ3v) is 3.73. The summed E-state index contributed by atoms with van der Waals surface area (Å²) >= 11 is 0. The maximum atomic E-state index is 4.61. The first-order valence-corrected chi connectivity index (χ1v) is 6.66. The van der Waals surface area contributed by atoms with Crippen LogP contribution >= 0.6 is 0 Å². The topological polar surface area (TPSA) is 64.7 Å². The van der Waals surface area contributed by atoms with Crippen LogP contribution in [0.15, 0.2) is 18.7 Å². The number of aromatic nitrogens is 6. The summed E-state index contributed by atoms with van der Waals surface area (Å²) in [6.07, 6.45) is 6.63. The van der Waals surface area contributed by atoms with E-state index in [1.54, 1.807) is 11.0 Å². The van der Waals surface area contributed by atoms with Gasteiger partial charge in [-0.1, -0.05) is 0 Å². The van der Waals surface area contributed by atoms with Crippen molar-refractivity contribution in [2.75, 3.05) is 18.0 Å². The van der Waals surface area contributed by atoms with E-state index in [-0.39, 0.29) is 0 Å². The fraction of sp³-hybridized carbons (Fsp3) is 0.385. The smallest absolute Gasteiger partial charge is 0.163 e. The van der Waals surface area contributed by atoms with E-state index < -0.39 is 0 Å². The van der Waals surface area contributed by atoms with Crippen molar-refractivity contribution in [1.82, 2.24) is 29.5 Å². The molecule has 0 saturated carbocycles. The predicted molar refractivity (Wildman–Crippen MR) is 75.3 cm³/mol. The van der Waals surface area contributed by atoms with Gasteiger partial charge in [-0.2, -0.15) is 10.2 Å². The van der Waals surface area contributed by atoms with Gasteiger partial charge in [0, 0.05) is 38.9 Å². The highest BCUT2D eigenvalue weighted by molar-refractivity contribution is 5.99. The molecule has 7 nitrogen and oxygen atoms in total. The van der Waals surface area contributed by atoms with Gasteiger partial charge in [0.05, 0.1) is 11.6 Å². The quantitative estimate of drug-likeness (QED) is 0.693.